The van der Waals surface area contributed by atoms with E-state index < -0.39 is 5.82 Å². The summed E-state index contributed by atoms with van der Waals surface area (Å²) < 4.78 is 14.4. The fourth-order valence-electron chi connectivity index (χ4n) is 1.66. The van der Waals surface area contributed by atoms with Crippen LogP contribution in [0.1, 0.15) is 0 Å². The highest BCUT2D eigenvalue weighted by atomic mass is 79.9. The normalized spacial score (nSPS) is 10.8. The third-order valence-corrected chi connectivity index (χ3v) is 2.98. The second kappa shape index (κ2) is 4.47. The molecule has 0 unspecified atom stereocenters. The van der Waals surface area contributed by atoms with Crippen molar-refractivity contribution in [1.82, 2.24) is 19.9 Å². The molecule has 2 heterocycles. The number of nitrogens with two attached hydrogens (primary N) is 1. The molecule has 2 aromatic heterocycles. The Morgan fingerprint density at radius 2 is 2.16 bits per heavy atom. The lowest BCUT2D eigenvalue weighted by molar-refractivity contribution is 0.631. The van der Waals surface area contributed by atoms with Crippen LogP contribution in [0.4, 0.5) is 21.8 Å². The summed E-state index contributed by atoms with van der Waals surface area (Å²) >= 11 is 3.20. The van der Waals surface area contributed by atoms with Gasteiger partial charge in [-0.1, -0.05) is 15.9 Å². The fraction of sp³-hybridized carbons (Fsp3) is 0. The first-order valence-corrected chi connectivity index (χ1v) is 6.11. The summed E-state index contributed by atoms with van der Waals surface area (Å²) in [5, 5.41) is 2.87. The summed E-state index contributed by atoms with van der Waals surface area (Å²) in [7, 11) is 0. The summed E-state index contributed by atoms with van der Waals surface area (Å²) in [6.07, 6.45) is 1.47. The van der Waals surface area contributed by atoms with Gasteiger partial charge in [0.1, 0.15) is 11.3 Å². The fourth-order valence-corrected chi connectivity index (χ4v) is 1.99. The van der Waals surface area contributed by atoms with Gasteiger partial charge in [0.25, 0.3) is 0 Å². The van der Waals surface area contributed by atoms with E-state index in [1.807, 2.05) is 0 Å². The third-order valence-electron chi connectivity index (χ3n) is 2.49. The molecule has 0 saturated heterocycles. The molecular formula is C11H8BrFN6. The van der Waals surface area contributed by atoms with E-state index in [0.29, 0.717) is 21.5 Å². The lowest BCUT2D eigenvalue weighted by Crippen LogP contribution is -2.02. The molecule has 8 heteroatoms. The number of hydrogen-bond acceptors (Lipinski definition) is 5. The van der Waals surface area contributed by atoms with E-state index in [2.05, 4.69) is 41.2 Å². The number of aromatic amines is 1. The quantitative estimate of drug-likeness (QED) is 0.674. The van der Waals surface area contributed by atoms with Gasteiger partial charge in [-0.15, -0.1) is 0 Å². The van der Waals surface area contributed by atoms with E-state index >= 15 is 0 Å². The van der Waals surface area contributed by atoms with Gasteiger partial charge < -0.3 is 16.0 Å². The number of anilines is 3. The van der Waals surface area contributed by atoms with Gasteiger partial charge in [0, 0.05) is 4.47 Å². The minimum absolute atomic E-state index is 0.0691. The third kappa shape index (κ3) is 2.22. The van der Waals surface area contributed by atoms with Crippen molar-refractivity contribution in [3.63, 3.8) is 0 Å². The van der Waals surface area contributed by atoms with Crippen LogP contribution >= 0.6 is 15.9 Å². The molecular weight excluding hydrogens is 315 g/mol. The van der Waals surface area contributed by atoms with E-state index in [4.69, 9.17) is 5.73 Å². The van der Waals surface area contributed by atoms with Crippen LogP contribution in [0, 0.1) is 5.82 Å². The van der Waals surface area contributed by atoms with E-state index in [9.17, 15) is 4.39 Å². The van der Waals surface area contributed by atoms with Crippen LogP contribution in [0.3, 0.4) is 0 Å². The first kappa shape index (κ1) is 11.8. The predicted molar refractivity (Wildman–Crippen MR) is 73.5 cm³/mol. The molecule has 0 saturated carbocycles. The van der Waals surface area contributed by atoms with Crippen LogP contribution in [-0.4, -0.2) is 19.9 Å². The van der Waals surface area contributed by atoms with Crippen molar-refractivity contribution in [1.29, 1.82) is 0 Å². The molecule has 0 spiro atoms. The largest absolute Gasteiger partial charge is 0.368 e. The molecule has 0 amide bonds. The summed E-state index contributed by atoms with van der Waals surface area (Å²) in [4.78, 5) is 14.9. The molecule has 19 heavy (non-hydrogen) atoms. The maximum absolute atomic E-state index is 13.8. The van der Waals surface area contributed by atoms with E-state index in [-0.39, 0.29) is 11.6 Å². The zero-order valence-electron chi connectivity index (χ0n) is 9.48. The summed E-state index contributed by atoms with van der Waals surface area (Å²) in [6, 6.07) is 4.68. The molecule has 6 nitrogen and oxygen atoms in total. The van der Waals surface area contributed by atoms with E-state index in [1.165, 1.54) is 12.4 Å². The molecule has 0 aliphatic carbocycles. The van der Waals surface area contributed by atoms with Crippen LogP contribution in [-0.2, 0) is 0 Å². The van der Waals surface area contributed by atoms with Gasteiger partial charge in [-0.25, -0.2) is 9.37 Å². The number of fused-ring (bicyclic) bond motifs is 1. The van der Waals surface area contributed by atoms with Crippen LogP contribution in [0.5, 0.6) is 0 Å². The molecule has 3 aromatic rings. The number of imidazole rings is 1. The Balaban J connectivity index is 2.07. The van der Waals surface area contributed by atoms with Gasteiger partial charge in [0.15, 0.2) is 11.5 Å². The Kier molecular flexibility index (Phi) is 2.79. The maximum atomic E-state index is 13.8. The van der Waals surface area contributed by atoms with Gasteiger partial charge in [0.05, 0.1) is 12.0 Å². The maximum Gasteiger partial charge on any atom is 0.224 e. The van der Waals surface area contributed by atoms with Crippen LogP contribution < -0.4 is 11.1 Å². The predicted octanol–water partition coefficient (Wildman–Crippen LogP) is 2.58. The lowest BCUT2D eigenvalue weighted by atomic mass is 10.3. The average molecular weight is 323 g/mol. The number of aromatic nitrogens is 4. The summed E-state index contributed by atoms with van der Waals surface area (Å²) in [6.45, 7) is 0. The number of H-pyrrole nitrogens is 1. The van der Waals surface area contributed by atoms with Crippen molar-refractivity contribution in [2.45, 2.75) is 0 Å². The molecule has 4 N–H and O–H groups in total. The number of hydrogen-bond donors (Lipinski definition) is 3. The first-order chi connectivity index (χ1) is 9.13. The summed E-state index contributed by atoms with van der Waals surface area (Å²) in [5.74, 6) is 0.0417. The minimum atomic E-state index is -0.403. The number of halogens is 2. The Hall–Kier alpha value is -2.22. The van der Waals surface area contributed by atoms with Crippen molar-refractivity contribution in [3.05, 3.63) is 34.8 Å². The Bertz CT molecular complexity index is 756. The van der Waals surface area contributed by atoms with Gasteiger partial charge >= 0.3 is 0 Å². The SMILES string of the molecule is Nc1nc(Nc2ccc(Br)cc2F)c2[nH]cnc2n1. The minimum Gasteiger partial charge on any atom is -0.368 e. The topological polar surface area (TPSA) is 92.5 Å². The molecule has 0 radical (unpaired) electrons. The number of rotatable bonds is 2. The second-order valence-corrected chi connectivity index (χ2v) is 4.70. The van der Waals surface area contributed by atoms with Crippen LogP contribution in [0.2, 0.25) is 0 Å². The van der Waals surface area contributed by atoms with Crippen molar-refractivity contribution >= 4 is 44.5 Å². The highest BCUT2D eigenvalue weighted by Crippen LogP contribution is 2.25. The first-order valence-electron chi connectivity index (χ1n) is 5.32. The second-order valence-electron chi connectivity index (χ2n) is 3.78. The van der Waals surface area contributed by atoms with E-state index in [1.54, 1.807) is 12.1 Å². The molecule has 96 valence electrons. The van der Waals surface area contributed by atoms with Gasteiger partial charge in [-0.05, 0) is 18.2 Å². The Labute approximate surface area is 115 Å². The molecule has 0 atom stereocenters. The van der Waals surface area contributed by atoms with Gasteiger partial charge in [0.2, 0.25) is 5.95 Å². The highest BCUT2D eigenvalue weighted by molar-refractivity contribution is 9.10. The van der Waals surface area contributed by atoms with Crippen molar-refractivity contribution in [3.8, 4) is 0 Å². The van der Waals surface area contributed by atoms with Gasteiger partial charge in [-0.2, -0.15) is 9.97 Å². The van der Waals surface area contributed by atoms with Crippen molar-refractivity contribution < 1.29 is 4.39 Å². The smallest absolute Gasteiger partial charge is 0.224 e. The van der Waals surface area contributed by atoms with Crippen LogP contribution in [0.15, 0.2) is 29.0 Å². The van der Waals surface area contributed by atoms with Gasteiger partial charge in [-0.3, -0.25) is 0 Å². The molecule has 0 aliphatic rings. The zero-order chi connectivity index (χ0) is 13.4. The molecule has 0 aliphatic heterocycles. The number of nitrogens with zero attached hydrogens (tertiary/aromatic N) is 3. The number of nitrogen functional groups attached to an aromatic ring is 1. The van der Waals surface area contributed by atoms with Crippen molar-refractivity contribution in [2.24, 2.45) is 0 Å². The van der Waals surface area contributed by atoms with Crippen LogP contribution in [0.25, 0.3) is 11.2 Å². The number of benzene rings is 1. The molecule has 3 rings (SSSR count). The van der Waals surface area contributed by atoms with E-state index in [0.717, 1.165) is 0 Å². The standard InChI is InChI=1S/C11H8BrFN6/c12-5-1-2-7(6(13)3-5)17-10-8-9(16-4-15-8)18-11(14)19-10/h1-4H,(H4,14,15,16,17,18,19). The average Bonchev–Trinajstić information content (AvgIpc) is 2.80. The zero-order valence-corrected chi connectivity index (χ0v) is 11.1. The lowest BCUT2D eigenvalue weighted by Gasteiger charge is -2.08. The Morgan fingerprint density at radius 3 is 2.95 bits per heavy atom. The highest BCUT2D eigenvalue weighted by Gasteiger charge is 2.10. The molecule has 0 fully saturated rings. The number of nitrogens with one attached hydrogen (secondary N) is 2. The molecule has 1 aromatic carbocycles. The molecule has 0 bridgehead atoms. The monoisotopic (exact) mass is 322 g/mol. The Morgan fingerprint density at radius 1 is 1.32 bits per heavy atom. The van der Waals surface area contributed by atoms with Crippen molar-refractivity contribution in [2.75, 3.05) is 11.1 Å². The summed E-state index contributed by atoms with van der Waals surface area (Å²) in [5.41, 5.74) is 6.86.